The number of benzene rings is 2. The average Bonchev–Trinajstić information content (AvgIpc) is 3.09. The number of fused-ring (bicyclic) bond motifs is 1. The SMILES string of the molecule is Cc1ccc(CSC2=N[C@H]3CS(=O)(=O)C[C@H]3N2c2ccc(C)c(C)c2)cc1C. The lowest BCUT2D eigenvalue weighted by atomic mass is 10.1. The summed E-state index contributed by atoms with van der Waals surface area (Å²) in [5.41, 5.74) is 7.34. The van der Waals surface area contributed by atoms with E-state index in [1.54, 1.807) is 11.8 Å². The molecule has 28 heavy (non-hydrogen) atoms. The van der Waals surface area contributed by atoms with Crippen LogP contribution in [0.15, 0.2) is 41.4 Å². The Morgan fingerprint density at radius 2 is 1.64 bits per heavy atom. The Hall–Kier alpha value is -1.79. The van der Waals surface area contributed by atoms with E-state index in [0.717, 1.165) is 16.6 Å². The van der Waals surface area contributed by atoms with E-state index >= 15 is 0 Å². The van der Waals surface area contributed by atoms with Crippen LogP contribution in [0.5, 0.6) is 0 Å². The van der Waals surface area contributed by atoms with Gasteiger partial charge < -0.3 is 4.90 Å². The molecule has 148 valence electrons. The number of hydrogen-bond acceptors (Lipinski definition) is 5. The van der Waals surface area contributed by atoms with Crippen molar-refractivity contribution >= 4 is 32.5 Å². The maximum Gasteiger partial charge on any atom is 0.164 e. The van der Waals surface area contributed by atoms with Crippen molar-refractivity contribution in [3.8, 4) is 0 Å². The molecule has 0 saturated carbocycles. The molecule has 2 atom stereocenters. The highest BCUT2D eigenvalue weighted by molar-refractivity contribution is 8.13. The molecule has 2 aliphatic rings. The quantitative estimate of drug-likeness (QED) is 0.755. The maximum absolute atomic E-state index is 12.2. The van der Waals surface area contributed by atoms with Crippen LogP contribution in [0.3, 0.4) is 0 Å². The lowest BCUT2D eigenvalue weighted by Crippen LogP contribution is -2.39. The summed E-state index contributed by atoms with van der Waals surface area (Å²) in [5, 5.41) is 0.936. The normalized spacial score (nSPS) is 23.0. The minimum atomic E-state index is -3.02. The van der Waals surface area contributed by atoms with Gasteiger partial charge in [0.2, 0.25) is 0 Å². The fourth-order valence-electron chi connectivity index (χ4n) is 3.85. The van der Waals surface area contributed by atoms with E-state index in [2.05, 4.69) is 69.0 Å². The summed E-state index contributed by atoms with van der Waals surface area (Å²) in [5.74, 6) is 1.17. The van der Waals surface area contributed by atoms with E-state index in [1.165, 1.54) is 27.8 Å². The minimum Gasteiger partial charge on any atom is -0.315 e. The van der Waals surface area contributed by atoms with Crippen LogP contribution >= 0.6 is 11.8 Å². The van der Waals surface area contributed by atoms with Crippen molar-refractivity contribution in [1.82, 2.24) is 0 Å². The number of anilines is 1. The zero-order chi connectivity index (χ0) is 20.1. The Morgan fingerprint density at radius 1 is 0.964 bits per heavy atom. The molecule has 0 N–H and O–H groups in total. The van der Waals surface area contributed by atoms with Gasteiger partial charge in [0.05, 0.1) is 23.6 Å². The van der Waals surface area contributed by atoms with E-state index in [0.29, 0.717) is 0 Å². The molecule has 0 amide bonds. The summed E-state index contributed by atoms with van der Waals surface area (Å²) in [7, 11) is -3.02. The first kappa shape index (κ1) is 19.5. The molecule has 0 unspecified atom stereocenters. The van der Waals surface area contributed by atoms with Gasteiger partial charge in [0, 0.05) is 11.4 Å². The molecule has 1 fully saturated rings. The first-order valence-electron chi connectivity index (χ1n) is 9.57. The molecule has 0 bridgehead atoms. The zero-order valence-electron chi connectivity index (χ0n) is 16.8. The highest BCUT2D eigenvalue weighted by Crippen LogP contribution is 2.36. The Kier molecular flexibility index (Phi) is 5.04. The summed E-state index contributed by atoms with van der Waals surface area (Å²) in [6.07, 6.45) is 0. The van der Waals surface area contributed by atoms with Gasteiger partial charge in [-0.05, 0) is 67.6 Å². The molecule has 2 aliphatic heterocycles. The largest absolute Gasteiger partial charge is 0.315 e. The third-order valence-corrected chi connectivity index (χ3v) is 8.55. The Bertz CT molecular complexity index is 1060. The summed E-state index contributed by atoms with van der Waals surface area (Å²) < 4.78 is 24.4. The number of rotatable bonds is 3. The van der Waals surface area contributed by atoms with E-state index in [-0.39, 0.29) is 23.6 Å². The van der Waals surface area contributed by atoms with Crippen LogP contribution in [0.4, 0.5) is 5.69 Å². The second kappa shape index (κ2) is 7.23. The van der Waals surface area contributed by atoms with Gasteiger partial charge >= 0.3 is 0 Å². The number of aliphatic imine (C=N–C) groups is 1. The van der Waals surface area contributed by atoms with Gasteiger partial charge in [-0.1, -0.05) is 36.0 Å². The van der Waals surface area contributed by atoms with Crippen molar-refractivity contribution in [1.29, 1.82) is 0 Å². The molecule has 4 nitrogen and oxygen atoms in total. The standard InChI is InChI=1S/C22H26N2O2S2/c1-14-5-7-18(9-16(14)3)11-27-22-23-20-12-28(25,26)13-21(20)24(22)19-8-6-15(2)17(4)10-19/h5-10,20-21H,11-13H2,1-4H3/t20-,21+/m0/s1. The van der Waals surface area contributed by atoms with Crippen molar-refractivity contribution in [3.05, 3.63) is 64.2 Å². The first-order valence-corrected chi connectivity index (χ1v) is 12.4. The van der Waals surface area contributed by atoms with Gasteiger partial charge in [-0.3, -0.25) is 4.99 Å². The van der Waals surface area contributed by atoms with Crippen LogP contribution in [-0.2, 0) is 15.6 Å². The summed E-state index contributed by atoms with van der Waals surface area (Å²) in [6, 6.07) is 12.6. The summed E-state index contributed by atoms with van der Waals surface area (Å²) >= 11 is 1.70. The van der Waals surface area contributed by atoms with Crippen molar-refractivity contribution in [2.24, 2.45) is 4.99 Å². The fraction of sp³-hybridized carbons (Fsp3) is 0.409. The first-order chi connectivity index (χ1) is 13.2. The van der Waals surface area contributed by atoms with Gasteiger partial charge in [-0.15, -0.1) is 0 Å². The van der Waals surface area contributed by atoms with E-state index < -0.39 is 9.84 Å². The third-order valence-electron chi connectivity index (χ3n) is 5.82. The van der Waals surface area contributed by atoms with Gasteiger partial charge in [0.25, 0.3) is 0 Å². The molecule has 6 heteroatoms. The molecule has 0 aliphatic carbocycles. The number of nitrogens with zero attached hydrogens (tertiary/aromatic N) is 2. The van der Waals surface area contributed by atoms with Crippen LogP contribution in [0.25, 0.3) is 0 Å². The van der Waals surface area contributed by atoms with Gasteiger partial charge in [-0.25, -0.2) is 8.42 Å². The Balaban J connectivity index is 1.63. The summed E-state index contributed by atoms with van der Waals surface area (Å²) in [4.78, 5) is 7.00. The van der Waals surface area contributed by atoms with Gasteiger partial charge in [-0.2, -0.15) is 0 Å². The zero-order valence-corrected chi connectivity index (χ0v) is 18.4. The van der Waals surface area contributed by atoms with Crippen LogP contribution in [0, 0.1) is 27.7 Å². The van der Waals surface area contributed by atoms with E-state index in [9.17, 15) is 8.42 Å². The monoisotopic (exact) mass is 414 g/mol. The predicted octanol–water partition coefficient (Wildman–Crippen LogP) is 4.20. The topological polar surface area (TPSA) is 49.7 Å². The molecular formula is C22H26N2O2S2. The highest BCUT2D eigenvalue weighted by atomic mass is 32.2. The average molecular weight is 415 g/mol. The third kappa shape index (κ3) is 3.72. The molecule has 4 rings (SSSR count). The molecule has 0 spiro atoms. The van der Waals surface area contributed by atoms with Crippen molar-refractivity contribution in [2.75, 3.05) is 16.4 Å². The number of hydrogen-bond donors (Lipinski definition) is 0. The van der Waals surface area contributed by atoms with Crippen molar-refractivity contribution in [2.45, 2.75) is 45.5 Å². The Morgan fingerprint density at radius 3 is 2.32 bits per heavy atom. The van der Waals surface area contributed by atoms with E-state index in [4.69, 9.17) is 4.99 Å². The maximum atomic E-state index is 12.2. The second-order valence-electron chi connectivity index (χ2n) is 7.97. The minimum absolute atomic E-state index is 0.0886. The number of aryl methyl sites for hydroxylation is 4. The second-order valence-corrected chi connectivity index (χ2v) is 11.1. The highest BCUT2D eigenvalue weighted by Gasteiger charge is 2.47. The van der Waals surface area contributed by atoms with Crippen LogP contribution < -0.4 is 4.90 Å². The molecule has 0 radical (unpaired) electrons. The van der Waals surface area contributed by atoms with Gasteiger partial charge in [0.1, 0.15) is 0 Å². The fourth-order valence-corrected chi connectivity index (χ4v) is 6.76. The molecular weight excluding hydrogens is 388 g/mol. The number of amidine groups is 1. The Labute approximate surface area is 172 Å². The smallest absolute Gasteiger partial charge is 0.164 e. The van der Waals surface area contributed by atoms with Crippen LogP contribution in [-0.4, -0.2) is 37.2 Å². The van der Waals surface area contributed by atoms with Crippen LogP contribution in [0.2, 0.25) is 0 Å². The number of thioether (sulfide) groups is 1. The lowest BCUT2D eigenvalue weighted by Gasteiger charge is -2.27. The molecule has 2 aromatic rings. The molecule has 2 heterocycles. The molecule has 1 saturated heterocycles. The van der Waals surface area contributed by atoms with Crippen molar-refractivity contribution < 1.29 is 8.42 Å². The predicted molar refractivity (Wildman–Crippen MR) is 119 cm³/mol. The molecule has 0 aromatic heterocycles. The van der Waals surface area contributed by atoms with Gasteiger partial charge in [0.15, 0.2) is 15.0 Å². The van der Waals surface area contributed by atoms with Crippen molar-refractivity contribution in [3.63, 3.8) is 0 Å². The van der Waals surface area contributed by atoms with Crippen LogP contribution in [0.1, 0.15) is 27.8 Å². The summed E-state index contributed by atoms with van der Waals surface area (Å²) in [6.45, 7) is 8.44. The van der Waals surface area contributed by atoms with E-state index in [1.807, 2.05) is 0 Å². The lowest BCUT2D eigenvalue weighted by molar-refractivity contribution is 0.601. The molecule has 2 aromatic carbocycles. The number of sulfone groups is 1.